The van der Waals surface area contributed by atoms with Crippen LogP contribution in [0.25, 0.3) is 10.4 Å². The van der Waals surface area contributed by atoms with Crippen molar-refractivity contribution in [2.75, 3.05) is 5.73 Å². The van der Waals surface area contributed by atoms with Gasteiger partial charge in [0.1, 0.15) is 10.7 Å². The van der Waals surface area contributed by atoms with Gasteiger partial charge in [-0.25, -0.2) is 9.18 Å². The van der Waals surface area contributed by atoms with Crippen LogP contribution in [0.2, 0.25) is 0 Å². The number of thiazole rings is 1. The van der Waals surface area contributed by atoms with Gasteiger partial charge in [0.15, 0.2) is 5.13 Å². The minimum Gasteiger partial charge on any atom is -0.449 e. The van der Waals surface area contributed by atoms with E-state index in [0.717, 1.165) is 11.3 Å². The molecule has 0 aliphatic rings. The van der Waals surface area contributed by atoms with Crippen LogP contribution in [0, 0.1) is 5.82 Å². The number of carboxylic acid groups (broad SMARTS) is 1. The SMILES string of the molecule is Nc1nc(OC(=O)O)c(-c2ccc(F)cc2)s1. The molecule has 3 N–H and O–H groups in total. The summed E-state index contributed by atoms with van der Waals surface area (Å²) in [6.07, 6.45) is -1.47. The van der Waals surface area contributed by atoms with Crippen molar-refractivity contribution in [2.45, 2.75) is 0 Å². The molecule has 0 bridgehead atoms. The van der Waals surface area contributed by atoms with Crippen LogP contribution < -0.4 is 10.5 Å². The zero-order valence-corrected chi connectivity index (χ0v) is 9.20. The predicted molar refractivity (Wildman–Crippen MR) is 60.6 cm³/mol. The molecule has 2 rings (SSSR count). The highest BCUT2D eigenvalue weighted by Crippen LogP contribution is 2.36. The molecule has 0 aliphatic heterocycles. The van der Waals surface area contributed by atoms with E-state index in [1.807, 2.05) is 0 Å². The predicted octanol–water partition coefficient (Wildman–Crippen LogP) is 2.59. The van der Waals surface area contributed by atoms with Gasteiger partial charge in [0.05, 0.1) is 0 Å². The van der Waals surface area contributed by atoms with Crippen LogP contribution in [-0.4, -0.2) is 16.2 Å². The average molecular weight is 254 g/mol. The van der Waals surface area contributed by atoms with Crippen LogP contribution in [0.15, 0.2) is 24.3 Å². The number of nitrogen functional groups attached to an aromatic ring is 1. The fourth-order valence-corrected chi connectivity index (χ4v) is 2.02. The van der Waals surface area contributed by atoms with E-state index in [9.17, 15) is 9.18 Å². The number of hydrogen-bond acceptors (Lipinski definition) is 5. The molecule has 0 spiro atoms. The van der Waals surface area contributed by atoms with E-state index in [2.05, 4.69) is 9.72 Å². The average Bonchev–Trinajstić information content (AvgIpc) is 2.59. The van der Waals surface area contributed by atoms with Gasteiger partial charge in [-0.3, -0.25) is 0 Å². The van der Waals surface area contributed by atoms with Crippen LogP contribution in [0.3, 0.4) is 0 Å². The Morgan fingerprint density at radius 2 is 2.06 bits per heavy atom. The Hall–Kier alpha value is -2.15. The summed E-state index contributed by atoms with van der Waals surface area (Å²) in [6, 6.07) is 5.51. The van der Waals surface area contributed by atoms with Crippen molar-refractivity contribution in [1.29, 1.82) is 0 Å². The molecule has 7 heteroatoms. The second-order valence-electron chi connectivity index (χ2n) is 3.06. The number of anilines is 1. The molecule has 0 unspecified atom stereocenters. The molecule has 17 heavy (non-hydrogen) atoms. The highest BCUT2D eigenvalue weighted by molar-refractivity contribution is 7.19. The van der Waals surface area contributed by atoms with Gasteiger partial charge in [-0.15, -0.1) is 0 Å². The van der Waals surface area contributed by atoms with Crippen LogP contribution >= 0.6 is 11.3 Å². The monoisotopic (exact) mass is 254 g/mol. The molecule has 0 saturated heterocycles. The van der Waals surface area contributed by atoms with Gasteiger partial charge < -0.3 is 15.6 Å². The van der Waals surface area contributed by atoms with E-state index in [1.165, 1.54) is 24.3 Å². The van der Waals surface area contributed by atoms with E-state index < -0.39 is 6.16 Å². The Morgan fingerprint density at radius 1 is 1.41 bits per heavy atom. The highest BCUT2D eigenvalue weighted by Gasteiger charge is 2.15. The lowest BCUT2D eigenvalue weighted by atomic mass is 10.2. The van der Waals surface area contributed by atoms with Crippen LogP contribution in [-0.2, 0) is 0 Å². The number of carbonyl (C=O) groups is 1. The van der Waals surface area contributed by atoms with E-state index in [4.69, 9.17) is 10.8 Å². The molecule has 0 radical (unpaired) electrons. The van der Waals surface area contributed by atoms with Gasteiger partial charge in [0, 0.05) is 0 Å². The maximum Gasteiger partial charge on any atom is 0.512 e. The van der Waals surface area contributed by atoms with Gasteiger partial charge in [0.2, 0.25) is 5.88 Å². The summed E-state index contributed by atoms with van der Waals surface area (Å²) < 4.78 is 17.2. The Labute approximate surface area is 99.3 Å². The van der Waals surface area contributed by atoms with Crippen molar-refractivity contribution in [2.24, 2.45) is 0 Å². The molecule has 0 amide bonds. The second kappa shape index (κ2) is 4.38. The van der Waals surface area contributed by atoms with Crippen LogP contribution in [0.5, 0.6) is 5.88 Å². The maximum atomic E-state index is 12.8. The molecule has 1 aromatic carbocycles. The van der Waals surface area contributed by atoms with Crippen molar-refractivity contribution in [3.8, 4) is 16.3 Å². The quantitative estimate of drug-likeness (QED) is 0.804. The van der Waals surface area contributed by atoms with Crippen molar-refractivity contribution in [1.82, 2.24) is 4.98 Å². The van der Waals surface area contributed by atoms with E-state index in [-0.39, 0.29) is 16.8 Å². The molecular formula is C10H7FN2O3S. The Morgan fingerprint density at radius 3 is 2.65 bits per heavy atom. The number of nitrogens with two attached hydrogens (primary N) is 1. The van der Waals surface area contributed by atoms with Crippen LogP contribution in [0.4, 0.5) is 14.3 Å². The largest absolute Gasteiger partial charge is 0.512 e. The second-order valence-corrected chi connectivity index (χ2v) is 4.09. The van der Waals surface area contributed by atoms with Crippen molar-refractivity contribution in [3.05, 3.63) is 30.1 Å². The first-order valence-corrected chi connectivity index (χ1v) is 5.31. The van der Waals surface area contributed by atoms with E-state index >= 15 is 0 Å². The number of ether oxygens (including phenoxy) is 1. The Balaban J connectivity index is 2.43. The third-order valence-electron chi connectivity index (χ3n) is 1.90. The molecule has 0 aliphatic carbocycles. The number of benzene rings is 1. The van der Waals surface area contributed by atoms with Gasteiger partial charge in [-0.1, -0.05) is 23.5 Å². The minimum absolute atomic E-state index is 0.0911. The highest BCUT2D eigenvalue weighted by atomic mass is 32.1. The van der Waals surface area contributed by atoms with Gasteiger partial charge in [0.25, 0.3) is 0 Å². The molecule has 0 atom stereocenters. The molecule has 0 saturated carbocycles. The summed E-state index contributed by atoms with van der Waals surface area (Å²) in [5.74, 6) is -0.474. The molecule has 5 nitrogen and oxygen atoms in total. The molecule has 2 aromatic rings. The van der Waals surface area contributed by atoms with Crippen molar-refractivity contribution in [3.63, 3.8) is 0 Å². The van der Waals surface area contributed by atoms with Gasteiger partial charge in [-0.05, 0) is 17.7 Å². The van der Waals surface area contributed by atoms with Crippen molar-refractivity contribution < 1.29 is 19.0 Å². The zero-order chi connectivity index (χ0) is 12.4. The normalized spacial score (nSPS) is 10.2. The fraction of sp³-hybridized carbons (Fsp3) is 0. The number of halogens is 1. The third kappa shape index (κ3) is 2.51. The molecule has 1 aromatic heterocycles. The van der Waals surface area contributed by atoms with Gasteiger partial charge in [-0.2, -0.15) is 4.98 Å². The number of aromatic nitrogens is 1. The van der Waals surface area contributed by atoms with E-state index in [0.29, 0.717) is 10.4 Å². The summed E-state index contributed by atoms with van der Waals surface area (Å²) in [6.45, 7) is 0. The van der Waals surface area contributed by atoms with Crippen molar-refractivity contribution >= 4 is 22.6 Å². The number of hydrogen-bond donors (Lipinski definition) is 2. The summed E-state index contributed by atoms with van der Waals surface area (Å²) in [5, 5.41) is 8.71. The Kier molecular flexibility index (Phi) is 2.92. The lowest BCUT2D eigenvalue weighted by Crippen LogP contribution is -2.04. The first-order valence-electron chi connectivity index (χ1n) is 4.49. The summed E-state index contributed by atoms with van der Waals surface area (Å²) in [7, 11) is 0. The topological polar surface area (TPSA) is 85.4 Å². The number of rotatable bonds is 2. The first-order chi connectivity index (χ1) is 8.06. The summed E-state index contributed by atoms with van der Waals surface area (Å²) in [4.78, 5) is 14.7. The molecule has 88 valence electrons. The summed E-state index contributed by atoms with van der Waals surface area (Å²) >= 11 is 1.07. The van der Waals surface area contributed by atoms with E-state index in [1.54, 1.807) is 0 Å². The molecule has 1 heterocycles. The number of nitrogens with zero attached hydrogens (tertiary/aromatic N) is 1. The Bertz CT molecular complexity index is 553. The van der Waals surface area contributed by atoms with Gasteiger partial charge >= 0.3 is 6.16 Å². The van der Waals surface area contributed by atoms with Crippen LogP contribution in [0.1, 0.15) is 0 Å². The summed E-state index contributed by atoms with van der Waals surface area (Å²) in [5.41, 5.74) is 6.08. The molecular weight excluding hydrogens is 247 g/mol. The standard InChI is InChI=1S/C10H7FN2O3S/c11-6-3-1-5(2-4-6)7-8(16-10(14)15)13-9(12)17-7/h1-4H,(H2,12,13)(H,14,15). The lowest BCUT2D eigenvalue weighted by molar-refractivity contribution is 0.143. The smallest absolute Gasteiger partial charge is 0.449 e. The minimum atomic E-state index is -1.47. The molecule has 0 fully saturated rings. The first kappa shape index (κ1) is 11.3. The lowest BCUT2D eigenvalue weighted by Gasteiger charge is -2.00. The third-order valence-corrected chi connectivity index (χ3v) is 2.82. The zero-order valence-electron chi connectivity index (χ0n) is 8.38. The maximum absolute atomic E-state index is 12.8. The fourth-order valence-electron chi connectivity index (χ4n) is 1.26.